The van der Waals surface area contributed by atoms with Crippen LogP contribution in [-0.4, -0.2) is 28.7 Å². The van der Waals surface area contributed by atoms with Gasteiger partial charge in [0.05, 0.1) is 10.1 Å². The van der Waals surface area contributed by atoms with Crippen LogP contribution in [0.15, 0.2) is 10.1 Å². The van der Waals surface area contributed by atoms with E-state index in [9.17, 15) is 0 Å². The van der Waals surface area contributed by atoms with Crippen LogP contribution in [0.25, 0.3) is 0 Å². The maximum atomic E-state index is 7.00. The molecule has 0 aromatic heterocycles. The number of hydrogen-bond donors (Lipinski definition) is 0. The normalized spacial score (nSPS) is 45.3. The van der Waals surface area contributed by atoms with E-state index in [1.807, 2.05) is 13.8 Å². The molecule has 0 unspecified atom stereocenters. The van der Waals surface area contributed by atoms with Gasteiger partial charge >= 0.3 is 0 Å². The Hall–Kier alpha value is 0.820. The van der Waals surface area contributed by atoms with Crippen molar-refractivity contribution in [1.82, 2.24) is 0 Å². The minimum atomic E-state index is -1.17. The highest BCUT2D eigenvalue weighted by Gasteiger charge is 2.85. The van der Waals surface area contributed by atoms with Crippen LogP contribution in [0.4, 0.5) is 0 Å². The molecule has 0 saturated heterocycles. The van der Waals surface area contributed by atoms with Crippen molar-refractivity contribution in [2.24, 2.45) is 11.8 Å². The van der Waals surface area contributed by atoms with Gasteiger partial charge in [-0.3, -0.25) is 0 Å². The van der Waals surface area contributed by atoms with Crippen LogP contribution in [0.2, 0.25) is 0 Å². The van der Waals surface area contributed by atoms with Crippen molar-refractivity contribution in [1.29, 1.82) is 0 Å². The average Bonchev–Trinajstić information content (AvgIpc) is 2.99. The predicted octanol–water partition coefficient (Wildman–Crippen LogP) is 4.84. The first-order valence-corrected chi connectivity index (χ1v) is 8.64. The van der Waals surface area contributed by atoms with Crippen molar-refractivity contribution in [2.45, 2.75) is 48.6 Å². The van der Waals surface area contributed by atoms with Crippen molar-refractivity contribution >= 4 is 46.4 Å². The van der Waals surface area contributed by atoms with E-state index < -0.39 is 15.5 Å². The number of halogens is 4. The summed E-state index contributed by atoms with van der Waals surface area (Å²) in [5, 5.41) is 0.807. The Morgan fingerprint density at radius 2 is 1.35 bits per heavy atom. The highest BCUT2D eigenvalue weighted by molar-refractivity contribution is 6.52. The summed E-state index contributed by atoms with van der Waals surface area (Å²) in [7, 11) is 0. The van der Waals surface area contributed by atoms with Gasteiger partial charge in [0.2, 0.25) is 5.79 Å². The molecular formula is C14H18Cl4O2. The summed E-state index contributed by atoms with van der Waals surface area (Å²) in [6, 6.07) is 0. The van der Waals surface area contributed by atoms with E-state index in [1.165, 1.54) is 0 Å². The number of ether oxygens (including phenoxy) is 2. The van der Waals surface area contributed by atoms with Crippen LogP contribution in [-0.2, 0) is 9.47 Å². The minimum Gasteiger partial charge on any atom is -0.346 e. The van der Waals surface area contributed by atoms with Crippen molar-refractivity contribution in [3.8, 4) is 0 Å². The molecule has 114 valence electrons. The molecule has 3 aliphatic rings. The molecule has 2 saturated carbocycles. The highest BCUT2D eigenvalue weighted by Crippen LogP contribution is 2.76. The van der Waals surface area contributed by atoms with Crippen LogP contribution in [0.1, 0.15) is 33.1 Å². The molecule has 0 radical (unpaired) electrons. The molecule has 0 aliphatic heterocycles. The van der Waals surface area contributed by atoms with Gasteiger partial charge in [-0.05, 0) is 38.5 Å². The van der Waals surface area contributed by atoms with E-state index in [-0.39, 0.29) is 11.8 Å². The highest BCUT2D eigenvalue weighted by atomic mass is 35.5. The van der Waals surface area contributed by atoms with Crippen LogP contribution in [0.5, 0.6) is 0 Å². The van der Waals surface area contributed by atoms with Gasteiger partial charge in [-0.25, -0.2) is 0 Å². The monoisotopic (exact) mass is 358 g/mol. The van der Waals surface area contributed by atoms with Gasteiger partial charge in [-0.1, -0.05) is 29.6 Å². The molecule has 6 heteroatoms. The van der Waals surface area contributed by atoms with E-state index in [2.05, 4.69) is 0 Å². The van der Waals surface area contributed by atoms with Gasteiger partial charge in [0.25, 0.3) is 0 Å². The van der Waals surface area contributed by atoms with E-state index >= 15 is 0 Å². The van der Waals surface area contributed by atoms with Crippen LogP contribution < -0.4 is 0 Å². The van der Waals surface area contributed by atoms with Crippen molar-refractivity contribution < 1.29 is 9.47 Å². The van der Waals surface area contributed by atoms with Crippen LogP contribution in [0, 0.1) is 11.8 Å². The first-order chi connectivity index (χ1) is 9.41. The molecule has 2 nitrogen and oxygen atoms in total. The lowest BCUT2D eigenvalue weighted by molar-refractivity contribution is -0.246. The van der Waals surface area contributed by atoms with Crippen molar-refractivity contribution in [3.63, 3.8) is 0 Å². The first-order valence-electron chi connectivity index (χ1n) is 7.13. The predicted molar refractivity (Wildman–Crippen MR) is 82.7 cm³/mol. The summed E-state index contributed by atoms with van der Waals surface area (Å²) >= 11 is 27.0. The Morgan fingerprint density at radius 1 is 0.950 bits per heavy atom. The summed E-state index contributed by atoms with van der Waals surface area (Å²) in [4.78, 5) is -1.94. The molecule has 20 heavy (non-hydrogen) atoms. The third-order valence-electron chi connectivity index (χ3n) is 5.02. The Morgan fingerprint density at radius 3 is 1.70 bits per heavy atom. The Bertz CT molecular complexity index is 426. The summed E-state index contributed by atoms with van der Waals surface area (Å²) in [5.41, 5.74) is 0. The second-order valence-electron chi connectivity index (χ2n) is 5.68. The largest absolute Gasteiger partial charge is 0.346 e. The SMILES string of the molecule is CCOC1(OCC)[C@@]2(Cl)C(Cl)=C(Cl)[C@]1(Cl)[C@@H]1CCC[C@@H]12. The third-order valence-corrected chi connectivity index (χ3v) is 7.72. The molecule has 3 rings (SSSR count). The molecule has 0 N–H and O–H groups in total. The minimum absolute atomic E-state index is 0.148. The van der Waals surface area contributed by atoms with Gasteiger partial charge < -0.3 is 9.47 Å². The van der Waals surface area contributed by atoms with Crippen LogP contribution in [0.3, 0.4) is 0 Å². The fraction of sp³-hybridized carbons (Fsp3) is 0.857. The first kappa shape index (κ1) is 15.7. The molecule has 0 aromatic carbocycles. The van der Waals surface area contributed by atoms with E-state index in [0.717, 1.165) is 19.3 Å². The molecule has 0 spiro atoms. The van der Waals surface area contributed by atoms with Gasteiger partial charge in [-0.2, -0.15) is 0 Å². The molecule has 2 bridgehead atoms. The zero-order valence-electron chi connectivity index (χ0n) is 11.5. The summed E-state index contributed by atoms with van der Waals surface area (Å²) in [6.45, 7) is 4.68. The second-order valence-corrected chi connectivity index (χ2v) is 7.63. The standard InChI is InChI=1S/C14H18Cl4O2/c1-3-19-14(20-4-2)12(17)8-6-5-7-9(8)13(14,18)11(16)10(12)15/h8-9H,3-7H2,1-2H3/t8-,9+,12-,13+. The average molecular weight is 360 g/mol. The fourth-order valence-corrected chi connectivity index (χ4v) is 6.67. The molecule has 0 aromatic rings. The maximum Gasteiger partial charge on any atom is 0.218 e. The Balaban J connectivity index is 2.22. The summed E-state index contributed by atoms with van der Waals surface area (Å²) in [6.07, 6.45) is 3.04. The smallest absolute Gasteiger partial charge is 0.218 e. The lowest BCUT2D eigenvalue weighted by Gasteiger charge is -2.43. The van der Waals surface area contributed by atoms with E-state index in [4.69, 9.17) is 55.9 Å². The Kier molecular flexibility index (Phi) is 3.85. The third kappa shape index (κ3) is 1.42. The van der Waals surface area contributed by atoms with Gasteiger partial charge in [-0.15, -0.1) is 23.2 Å². The van der Waals surface area contributed by atoms with Gasteiger partial charge in [0.1, 0.15) is 9.75 Å². The maximum absolute atomic E-state index is 7.00. The number of rotatable bonds is 4. The van der Waals surface area contributed by atoms with E-state index in [1.54, 1.807) is 0 Å². The summed E-state index contributed by atoms with van der Waals surface area (Å²) in [5.74, 6) is -0.874. The zero-order valence-corrected chi connectivity index (χ0v) is 14.5. The fourth-order valence-electron chi connectivity index (χ4n) is 4.47. The second kappa shape index (κ2) is 4.91. The molecule has 0 heterocycles. The lowest BCUT2D eigenvalue weighted by atomic mass is 9.85. The number of hydrogen-bond acceptors (Lipinski definition) is 2. The molecular weight excluding hydrogens is 342 g/mol. The molecule has 2 fully saturated rings. The zero-order chi connectivity index (χ0) is 14.8. The molecule has 0 amide bonds. The number of alkyl halides is 2. The van der Waals surface area contributed by atoms with Gasteiger partial charge in [0.15, 0.2) is 0 Å². The van der Waals surface area contributed by atoms with Crippen LogP contribution >= 0.6 is 46.4 Å². The Labute approximate surface area is 139 Å². The van der Waals surface area contributed by atoms with Crippen molar-refractivity contribution in [3.05, 3.63) is 10.1 Å². The summed E-state index contributed by atoms with van der Waals surface area (Å²) < 4.78 is 12.0. The quantitative estimate of drug-likeness (QED) is 0.528. The lowest BCUT2D eigenvalue weighted by Crippen LogP contribution is -2.59. The topological polar surface area (TPSA) is 18.5 Å². The van der Waals surface area contributed by atoms with E-state index in [0.29, 0.717) is 23.3 Å². The molecule has 3 aliphatic carbocycles. The van der Waals surface area contributed by atoms with Gasteiger partial charge in [0, 0.05) is 13.2 Å². The molecule has 4 atom stereocenters. The number of fused-ring (bicyclic) bond motifs is 5. The van der Waals surface area contributed by atoms with Crippen molar-refractivity contribution in [2.75, 3.05) is 13.2 Å².